The van der Waals surface area contributed by atoms with Gasteiger partial charge in [0.05, 0.1) is 97.8 Å². The van der Waals surface area contributed by atoms with Gasteiger partial charge in [0.1, 0.15) is 63.9 Å². The number of rotatable bonds is 31. The first-order valence-electron chi connectivity index (χ1n) is 43.4. The minimum atomic E-state index is -0.271. The highest BCUT2D eigenvalue weighted by molar-refractivity contribution is 6.51. The van der Waals surface area contributed by atoms with Gasteiger partial charge in [0, 0.05) is 145 Å². The fraction of sp³-hybridized carbons (Fsp3) is 0.309. The number of allylic oxidation sites excluding steroid dienone is 13. The van der Waals surface area contributed by atoms with E-state index in [1.54, 1.807) is 73.7 Å². The molecule has 702 valence electrons. The molecular weight excluding hydrogens is 1730 g/mol. The maximum absolute atomic E-state index is 12.5. The van der Waals surface area contributed by atoms with Gasteiger partial charge in [-0.1, -0.05) is 41.9 Å². The molecule has 10 aromatic rings. The number of aliphatic hydroxyl groups excluding tert-OH is 2. The van der Waals surface area contributed by atoms with Crippen LogP contribution in [0.4, 0.5) is 57.5 Å². The number of carbonyl (C=O) groups is 4. The Hall–Kier alpha value is -14.8. The summed E-state index contributed by atoms with van der Waals surface area (Å²) in [5.74, 6) is 3.79. The Morgan fingerprint density at radius 3 is 1.21 bits per heavy atom. The monoisotopic (exact) mass is 1840 g/mol. The molecule has 0 radical (unpaired) electrons. The van der Waals surface area contributed by atoms with Crippen molar-refractivity contribution < 1.29 is 38.9 Å². The van der Waals surface area contributed by atoms with Gasteiger partial charge in [-0.2, -0.15) is 0 Å². The molecule has 6 aliphatic rings. The molecule has 1 saturated heterocycles. The number of fused-ring (bicyclic) bond motifs is 6. The van der Waals surface area contributed by atoms with Crippen molar-refractivity contribution >= 4 is 154 Å². The number of nitrogens with one attached hydrogen (secondary N) is 8. The molecule has 39 nitrogen and oxygen atoms in total. The van der Waals surface area contributed by atoms with Crippen LogP contribution in [-0.2, 0) is 28.7 Å². The van der Waals surface area contributed by atoms with Crippen LogP contribution >= 0.6 is 11.6 Å². The van der Waals surface area contributed by atoms with Crippen LogP contribution in [0, 0.1) is 5.41 Å². The van der Waals surface area contributed by atoms with E-state index in [2.05, 4.69) is 97.2 Å². The molecule has 40 heteroatoms. The van der Waals surface area contributed by atoms with E-state index < -0.39 is 0 Å². The standard InChI is InChI=1S/C20H26N6O2.C19H25N7O2.C19H22N6O2.C18H21ClN6O.C18H22N6O/c1-14-12-16(15(13-18(14)28)21-8-11-27)23-19-17-6-4-5-9-26(17)24-20(19)22-7-10-25(2)3;1-25(2)8-6-22-19-18(16-5-3-4-7-26(16)24-19)23-15-12-17(28-10-9-27)14(21)11-13(15)20;1-24(2)9-6-21-19-18(15-5-3-4-8-25(15)23-19)22-13-12-17-14(11-16(13)26)20-7-10-27-17;1-11-10-12(15(20)14(19)17(11)26)22-16-13-6-4-5-8-25(13)23-18(16)21-7-9-24(2)3;1-12-10-14(13(19)11-16(12)25)21-17-15-6-4-5-8-24(15)22-18(17)20-7-9-23(2)3/h4-6,9,12-13,21,27H,7-8,10-11H2,1-3H3,(H,22,24);3-5,7,11-12,20,27H,6,8-10,21H2,1-2H3,(H,22,24);3-5,8,11-12,20H,6-7,9-10H2,1-2H3,(H,21,23);4-6,8,10H,7,9,20H2,1-3H3,(H,21,23);4-6,8,10-11H,7,9,19H2,1-3H3,(H,20,22). The zero-order valence-electron chi connectivity index (χ0n) is 77.5. The number of nitrogens with two attached hydrogens (primary N) is 3. The topological polar surface area (TPSA) is 478 Å². The maximum Gasteiger partial charge on any atom is 0.206 e. The van der Waals surface area contributed by atoms with Crippen molar-refractivity contribution in [3.63, 3.8) is 0 Å². The predicted octanol–water partition coefficient (Wildman–Crippen LogP) is 7.95. The summed E-state index contributed by atoms with van der Waals surface area (Å²) >= 11 is 6.07. The van der Waals surface area contributed by atoms with E-state index >= 15 is 0 Å². The fourth-order valence-electron chi connectivity index (χ4n) is 13.6. The Morgan fingerprint density at radius 2 is 0.806 bits per heavy atom. The quantitative estimate of drug-likeness (QED) is 0.0145. The van der Waals surface area contributed by atoms with E-state index in [-0.39, 0.29) is 59.4 Å². The van der Waals surface area contributed by atoms with Crippen LogP contribution in [0.3, 0.4) is 0 Å². The smallest absolute Gasteiger partial charge is 0.206 e. The number of ketones is 4. The van der Waals surface area contributed by atoms with Crippen molar-refractivity contribution in [2.45, 2.75) is 20.8 Å². The van der Waals surface area contributed by atoms with Crippen molar-refractivity contribution in [2.24, 2.45) is 42.2 Å². The number of likely N-dealkylation sites (N-methyl/N-ethyl adjacent to an activating group) is 5. The number of nitrogens with zero attached hydrogens (tertiary/aromatic N) is 20. The summed E-state index contributed by atoms with van der Waals surface area (Å²) in [4.78, 5) is 82.2. The van der Waals surface area contributed by atoms with Crippen molar-refractivity contribution in [3.05, 3.63) is 238 Å². The lowest BCUT2D eigenvalue weighted by molar-refractivity contribution is -0.112. The fourth-order valence-corrected chi connectivity index (χ4v) is 13.8. The minimum Gasteiger partial charge on any atom is -0.490 e. The van der Waals surface area contributed by atoms with E-state index in [0.717, 1.165) is 85.6 Å². The third-order valence-corrected chi connectivity index (χ3v) is 21.0. The molecule has 1 aliphatic heterocycles. The number of Topliss-reactive ketones (excluding diaryl/α,β-unsaturated/α-hetero) is 1. The lowest BCUT2D eigenvalue weighted by Crippen LogP contribution is -2.31. The summed E-state index contributed by atoms with van der Waals surface area (Å²) < 4.78 is 19.9. The molecule has 0 bridgehead atoms. The highest BCUT2D eigenvalue weighted by Gasteiger charge is 2.28. The molecule has 134 heavy (non-hydrogen) atoms. The molecule has 10 aromatic heterocycles. The van der Waals surface area contributed by atoms with Gasteiger partial charge in [0.2, 0.25) is 11.6 Å². The second kappa shape index (κ2) is 46.3. The summed E-state index contributed by atoms with van der Waals surface area (Å²) in [7, 11) is 20.1. The number of pyridine rings is 5. The van der Waals surface area contributed by atoms with Crippen molar-refractivity contribution in [1.82, 2.24) is 83.2 Å². The summed E-state index contributed by atoms with van der Waals surface area (Å²) in [5.41, 5.74) is 32.1. The summed E-state index contributed by atoms with van der Waals surface area (Å²) in [6, 6.07) is 28.9. The van der Waals surface area contributed by atoms with Gasteiger partial charge in [-0.05, 0) is 187 Å². The molecule has 16 N–H and O–H groups in total. The van der Waals surface area contributed by atoms with Crippen LogP contribution < -0.4 is 54.4 Å². The normalized spacial score (nSPS) is 16.6. The molecule has 5 aliphatic carbocycles. The van der Waals surface area contributed by atoms with Gasteiger partial charge in [-0.3, -0.25) is 24.6 Å². The number of hydrogen-bond acceptors (Lipinski definition) is 34. The molecule has 0 saturated carbocycles. The van der Waals surface area contributed by atoms with E-state index in [9.17, 15) is 19.2 Å². The molecule has 0 spiro atoms. The number of aromatic nitrogens is 10. The van der Waals surface area contributed by atoms with E-state index in [0.29, 0.717) is 164 Å². The minimum absolute atomic E-state index is 0.00217. The van der Waals surface area contributed by atoms with Gasteiger partial charge in [0.15, 0.2) is 40.7 Å². The van der Waals surface area contributed by atoms with E-state index in [4.69, 9.17) is 68.9 Å². The predicted molar refractivity (Wildman–Crippen MR) is 532 cm³/mol. The van der Waals surface area contributed by atoms with E-state index in [1.807, 2.05) is 192 Å². The third kappa shape index (κ3) is 25.5. The Kier molecular flexibility index (Phi) is 33.9. The molecule has 0 atom stereocenters. The highest BCUT2D eigenvalue weighted by Crippen LogP contribution is 2.37. The van der Waals surface area contributed by atoms with Crippen LogP contribution in [0.5, 0.6) is 0 Å². The second-order valence-corrected chi connectivity index (χ2v) is 33.0. The zero-order valence-corrected chi connectivity index (χ0v) is 78.2. The Bertz CT molecular complexity index is 6540. The Morgan fingerprint density at radius 1 is 0.433 bits per heavy atom. The average Bonchev–Trinajstić information content (AvgIpc) is 1.63. The number of halogens is 1. The van der Waals surface area contributed by atoms with Crippen LogP contribution in [-0.4, -0.2) is 316 Å². The molecule has 11 heterocycles. The molecular formula is C94H116ClN31O8. The lowest BCUT2D eigenvalue weighted by Gasteiger charge is -2.23. The molecule has 0 unspecified atom stereocenters. The number of carbonyl (C=O) groups excluding carboxylic acids is 4. The largest absolute Gasteiger partial charge is 0.490 e. The maximum atomic E-state index is 12.5. The molecule has 16 rings (SSSR count). The Balaban J connectivity index is 0.000000151. The number of ether oxygens (including phenoxy) is 2. The van der Waals surface area contributed by atoms with Crippen LogP contribution in [0.2, 0.25) is 0 Å². The Labute approximate surface area is 780 Å². The van der Waals surface area contributed by atoms with Gasteiger partial charge in [-0.25, -0.2) is 47.5 Å². The van der Waals surface area contributed by atoms with Crippen molar-refractivity contribution in [3.8, 4) is 0 Å². The molecule has 1 fully saturated rings. The van der Waals surface area contributed by atoms with Crippen molar-refractivity contribution in [2.75, 3.05) is 202 Å². The zero-order chi connectivity index (χ0) is 95.8. The SMILES string of the molecule is CC1=CC(=Nc2c(NCCN(C)C)nn3ccccc23)C(N)=C(Cl)C1=O.CC1=CC(=Nc2c(NCCN(C)C)nn3ccccc23)C(N)=CC1=O.CC1=CC(=Nc2c(NCCN(C)C)nn3ccccc23)C(NCCO)=CC1=O.CN(C)CCNc1nn2ccccc2c1N=C1C=C(OCCO)C(N)=CC1=N.CN(C)CCNc1nn2ccccc2c1N=C1C=C2OCCNC2=CC1=O. The number of hydrogen-bond donors (Lipinski definition) is 13. The number of anilines is 5. The summed E-state index contributed by atoms with van der Waals surface area (Å²) in [5, 5.41) is 72.1. The van der Waals surface area contributed by atoms with Gasteiger partial charge in [0.25, 0.3) is 0 Å². The third-order valence-electron chi connectivity index (χ3n) is 20.7. The van der Waals surface area contributed by atoms with Gasteiger partial charge >= 0.3 is 0 Å². The molecule has 0 amide bonds. The van der Waals surface area contributed by atoms with Crippen molar-refractivity contribution in [1.29, 1.82) is 5.41 Å². The lowest BCUT2D eigenvalue weighted by atomic mass is 10.0. The first kappa shape index (κ1) is 98.2. The number of aliphatic imine (C=N–C) groups is 5. The molecule has 0 aromatic carbocycles. The summed E-state index contributed by atoms with van der Waals surface area (Å²) in [6.45, 7) is 14.7. The average molecular weight is 1840 g/mol. The van der Waals surface area contributed by atoms with E-state index in [1.165, 1.54) is 24.3 Å². The number of aliphatic hydroxyl groups is 2. The second-order valence-electron chi connectivity index (χ2n) is 32.6. The first-order chi connectivity index (χ1) is 64.4. The number of morpholine rings is 1. The first-order valence-corrected chi connectivity index (χ1v) is 43.8. The highest BCUT2D eigenvalue weighted by atomic mass is 35.5. The van der Waals surface area contributed by atoms with Crippen LogP contribution in [0.25, 0.3) is 27.6 Å². The summed E-state index contributed by atoms with van der Waals surface area (Å²) in [6.07, 6.45) is 23.7. The van der Waals surface area contributed by atoms with Gasteiger partial charge < -0.3 is 98.6 Å². The van der Waals surface area contributed by atoms with Gasteiger partial charge in [-0.15, -0.1) is 25.5 Å². The van der Waals surface area contributed by atoms with Crippen LogP contribution in [0.15, 0.2) is 263 Å². The van der Waals surface area contributed by atoms with Crippen LogP contribution in [0.1, 0.15) is 20.8 Å².